The lowest BCUT2D eigenvalue weighted by atomic mass is 10.2. The van der Waals surface area contributed by atoms with Crippen molar-refractivity contribution in [3.63, 3.8) is 0 Å². The van der Waals surface area contributed by atoms with Crippen LogP contribution < -0.4 is 10.0 Å². The number of nitrogens with one attached hydrogen (secondary N) is 2. The minimum absolute atomic E-state index is 0.0134. The highest BCUT2D eigenvalue weighted by molar-refractivity contribution is 7.89. The lowest BCUT2D eigenvalue weighted by Crippen LogP contribution is -2.50. The summed E-state index contributed by atoms with van der Waals surface area (Å²) in [5, 5.41) is 2.64. The van der Waals surface area contributed by atoms with E-state index >= 15 is 0 Å². The molecule has 32 heavy (non-hydrogen) atoms. The van der Waals surface area contributed by atoms with Crippen molar-refractivity contribution in [3.8, 4) is 0 Å². The van der Waals surface area contributed by atoms with Crippen LogP contribution in [-0.4, -0.2) is 69.3 Å². The molecule has 1 saturated heterocycles. The number of hydrogen-bond acceptors (Lipinski definition) is 5. The Balaban J connectivity index is 1.38. The van der Waals surface area contributed by atoms with E-state index in [1.54, 1.807) is 11.0 Å². The lowest BCUT2D eigenvalue weighted by Gasteiger charge is -2.34. The number of nitrogens with zero attached hydrogens (tertiary/aromatic N) is 2. The number of benzene rings is 2. The molecule has 0 saturated carbocycles. The van der Waals surface area contributed by atoms with Gasteiger partial charge in [-0.1, -0.05) is 6.07 Å². The molecule has 2 aromatic carbocycles. The van der Waals surface area contributed by atoms with Crippen LogP contribution in [0.3, 0.4) is 0 Å². The zero-order valence-electron chi connectivity index (χ0n) is 17.3. The summed E-state index contributed by atoms with van der Waals surface area (Å²) in [6.45, 7) is 1.85. The van der Waals surface area contributed by atoms with Gasteiger partial charge in [0.1, 0.15) is 11.6 Å². The van der Waals surface area contributed by atoms with E-state index in [2.05, 4.69) is 10.0 Å². The van der Waals surface area contributed by atoms with E-state index in [0.29, 0.717) is 31.9 Å². The SMILES string of the molecule is O=C(CN1CCN(C(=O)CCNS(=O)(=O)c2ccc(F)cc2)CC1)Nc1cccc(F)c1. The summed E-state index contributed by atoms with van der Waals surface area (Å²) < 4.78 is 52.8. The van der Waals surface area contributed by atoms with E-state index < -0.39 is 21.7 Å². The van der Waals surface area contributed by atoms with Crippen molar-refractivity contribution in [1.82, 2.24) is 14.5 Å². The molecule has 2 amide bonds. The van der Waals surface area contributed by atoms with E-state index in [4.69, 9.17) is 0 Å². The molecule has 8 nitrogen and oxygen atoms in total. The maximum atomic E-state index is 13.2. The summed E-state index contributed by atoms with van der Waals surface area (Å²) in [6.07, 6.45) is -0.0134. The first kappa shape index (κ1) is 23.8. The van der Waals surface area contributed by atoms with Gasteiger partial charge in [0, 0.05) is 44.8 Å². The smallest absolute Gasteiger partial charge is 0.240 e. The number of hydrogen-bond donors (Lipinski definition) is 2. The van der Waals surface area contributed by atoms with Gasteiger partial charge in [0.15, 0.2) is 0 Å². The largest absolute Gasteiger partial charge is 0.340 e. The topological polar surface area (TPSA) is 98.8 Å². The predicted octanol–water partition coefficient (Wildman–Crippen LogP) is 1.42. The van der Waals surface area contributed by atoms with Crippen LogP contribution in [0.1, 0.15) is 6.42 Å². The lowest BCUT2D eigenvalue weighted by molar-refractivity contribution is -0.132. The highest BCUT2D eigenvalue weighted by Gasteiger charge is 2.23. The fourth-order valence-corrected chi connectivity index (χ4v) is 4.30. The van der Waals surface area contributed by atoms with Gasteiger partial charge in [0.25, 0.3) is 0 Å². The molecule has 172 valence electrons. The van der Waals surface area contributed by atoms with Gasteiger partial charge >= 0.3 is 0 Å². The standard InChI is InChI=1S/C21H24F2N4O4S/c22-16-4-6-19(7-5-16)32(30,31)24-9-8-21(29)27-12-10-26(11-13-27)15-20(28)25-18-3-1-2-17(23)14-18/h1-7,14,24H,8-13,15H2,(H,25,28). The molecule has 0 aromatic heterocycles. The number of halogens is 2. The highest BCUT2D eigenvalue weighted by atomic mass is 32.2. The number of sulfonamides is 1. The quantitative estimate of drug-likeness (QED) is 0.613. The molecule has 0 aliphatic carbocycles. The normalized spacial score (nSPS) is 14.9. The van der Waals surface area contributed by atoms with Crippen molar-refractivity contribution >= 4 is 27.5 Å². The van der Waals surface area contributed by atoms with Gasteiger partial charge in [0.2, 0.25) is 21.8 Å². The molecule has 11 heteroatoms. The zero-order valence-corrected chi connectivity index (χ0v) is 18.1. The van der Waals surface area contributed by atoms with E-state index in [1.165, 1.54) is 18.2 Å². The van der Waals surface area contributed by atoms with E-state index in [0.717, 1.165) is 24.3 Å². The van der Waals surface area contributed by atoms with Gasteiger partial charge in [0.05, 0.1) is 11.4 Å². The van der Waals surface area contributed by atoms with Crippen LogP contribution in [-0.2, 0) is 19.6 Å². The molecule has 2 N–H and O–H groups in total. The van der Waals surface area contributed by atoms with Gasteiger partial charge in [-0.05, 0) is 42.5 Å². The van der Waals surface area contributed by atoms with Crippen LogP contribution in [0.25, 0.3) is 0 Å². The van der Waals surface area contributed by atoms with Crippen molar-refractivity contribution in [2.45, 2.75) is 11.3 Å². The van der Waals surface area contributed by atoms with E-state index in [-0.39, 0.29) is 36.2 Å². The molecule has 1 aliphatic heterocycles. The van der Waals surface area contributed by atoms with Gasteiger partial charge in [-0.25, -0.2) is 21.9 Å². The van der Waals surface area contributed by atoms with Gasteiger partial charge in [-0.2, -0.15) is 0 Å². The Hall–Kier alpha value is -2.89. The Kier molecular flexibility index (Phi) is 7.89. The zero-order chi connectivity index (χ0) is 23.1. The summed E-state index contributed by atoms with van der Waals surface area (Å²) in [5.74, 6) is -1.44. The monoisotopic (exact) mass is 466 g/mol. The summed E-state index contributed by atoms with van der Waals surface area (Å²) >= 11 is 0. The van der Waals surface area contributed by atoms with Crippen molar-refractivity contribution in [2.75, 3.05) is 44.6 Å². The molecule has 1 fully saturated rings. The number of anilines is 1. The average molecular weight is 467 g/mol. The Morgan fingerprint density at radius 2 is 1.62 bits per heavy atom. The third-order valence-electron chi connectivity index (χ3n) is 4.96. The van der Waals surface area contributed by atoms with E-state index in [9.17, 15) is 26.8 Å². The van der Waals surface area contributed by atoms with Crippen LogP contribution in [0.2, 0.25) is 0 Å². The van der Waals surface area contributed by atoms with Crippen molar-refractivity contribution in [1.29, 1.82) is 0 Å². The molecule has 3 rings (SSSR count). The van der Waals surface area contributed by atoms with Crippen LogP contribution in [0.4, 0.5) is 14.5 Å². The minimum atomic E-state index is -3.82. The first-order valence-corrected chi connectivity index (χ1v) is 11.5. The number of carbonyl (C=O) groups excluding carboxylic acids is 2. The molecule has 0 bridgehead atoms. The van der Waals surface area contributed by atoms with Crippen molar-refractivity contribution in [3.05, 3.63) is 60.2 Å². The predicted molar refractivity (Wildman–Crippen MR) is 114 cm³/mol. The molecule has 2 aromatic rings. The molecule has 0 radical (unpaired) electrons. The number of amides is 2. The summed E-state index contributed by atoms with van der Waals surface area (Å²) in [4.78, 5) is 27.9. The molecule has 1 heterocycles. The Morgan fingerprint density at radius 1 is 0.938 bits per heavy atom. The second-order valence-electron chi connectivity index (χ2n) is 7.32. The number of rotatable bonds is 8. The molecular weight excluding hydrogens is 442 g/mol. The second-order valence-corrected chi connectivity index (χ2v) is 9.08. The van der Waals surface area contributed by atoms with Crippen LogP contribution in [0, 0.1) is 11.6 Å². The Morgan fingerprint density at radius 3 is 2.28 bits per heavy atom. The van der Waals surface area contributed by atoms with Gasteiger partial charge in [-0.15, -0.1) is 0 Å². The fourth-order valence-electron chi connectivity index (χ4n) is 3.27. The maximum Gasteiger partial charge on any atom is 0.240 e. The summed E-state index contributed by atoms with van der Waals surface area (Å²) in [5.41, 5.74) is 0.381. The first-order valence-electron chi connectivity index (χ1n) is 10.0. The van der Waals surface area contributed by atoms with Gasteiger partial charge < -0.3 is 10.2 Å². The van der Waals surface area contributed by atoms with Crippen LogP contribution in [0.15, 0.2) is 53.4 Å². The summed E-state index contributed by atoms with van der Waals surface area (Å²) in [7, 11) is -3.82. The molecule has 1 aliphatic rings. The van der Waals surface area contributed by atoms with Crippen molar-refractivity contribution < 1.29 is 26.8 Å². The third kappa shape index (κ3) is 6.81. The maximum absolute atomic E-state index is 13.2. The summed E-state index contributed by atoms with van der Waals surface area (Å²) in [6, 6.07) is 10.1. The van der Waals surface area contributed by atoms with Crippen LogP contribution >= 0.6 is 0 Å². The fraction of sp³-hybridized carbons (Fsp3) is 0.333. The van der Waals surface area contributed by atoms with Crippen LogP contribution in [0.5, 0.6) is 0 Å². The third-order valence-corrected chi connectivity index (χ3v) is 6.43. The molecular formula is C21H24F2N4O4S. The minimum Gasteiger partial charge on any atom is -0.340 e. The van der Waals surface area contributed by atoms with Gasteiger partial charge in [-0.3, -0.25) is 14.5 Å². The average Bonchev–Trinajstić information content (AvgIpc) is 2.74. The Bertz CT molecular complexity index is 1060. The molecule has 0 spiro atoms. The number of carbonyl (C=O) groups is 2. The second kappa shape index (κ2) is 10.6. The first-order chi connectivity index (χ1) is 15.2. The van der Waals surface area contributed by atoms with Crippen molar-refractivity contribution in [2.24, 2.45) is 0 Å². The molecule has 0 atom stereocenters. The molecule has 0 unspecified atom stereocenters. The number of piperazine rings is 1. The highest BCUT2D eigenvalue weighted by Crippen LogP contribution is 2.11. The Labute approximate surface area is 185 Å². The van der Waals surface area contributed by atoms with E-state index in [1.807, 2.05) is 4.90 Å².